The summed E-state index contributed by atoms with van der Waals surface area (Å²) in [5.41, 5.74) is 2.60. The topological polar surface area (TPSA) is 20.2 Å². The lowest BCUT2D eigenvalue weighted by atomic mass is 9.73. The fourth-order valence-corrected chi connectivity index (χ4v) is 2.18. The van der Waals surface area contributed by atoms with Gasteiger partial charge < -0.3 is 5.11 Å². The Morgan fingerprint density at radius 3 is 1.62 bits per heavy atom. The van der Waals surface area contributed by atoms with Crippen molar-refractivity contribution in [3.05, 3.63) is 35.7 Å². The van der Waals surface area contributed by atoms with Gasteiger partial charge in [0.25, 0.3) is 0 Å². The van der Waals surface area contributed by atoms with E-state index in [1.54, 1.807) is 12.1 Å². The van der Waals surface area contributed by atoms with Gasteiger partial charge in [0.1, 0.15) is 5.75 Å². The Morgan fingerprint density at radius 1 is 0.875 bits per heavy atom. The fraction of sp³-hybridized carbons (Fsp3) is 0.533. The van der Waals surface area contributed by atoms with E-state index in [9.17, 15) is 5.11 Å². The van der Waals surface area contributed by atoms with E-state index >= 15 is 0 Å². The number of benzene rings is 1. The lowest BCUT2D eigenvalue weighted by molar-refractivity contribution is 0.435. The van der Waals surface area contributed by atoms with Gasteiger partial charge in [0.2, 0.25) is 0 Å². The molecule has 0 aliphatic carbocycles. The summed E-state index contributed by atoms with van der Waals surface area (Å²) in [5, 5.41) is 10.1. The van der Waals surface area contributed by atoms with Crippen LogP contribution >= 0.6 is 0 Å². The largest absolute Gasteiger partial charge is 0.508 e. The second kappa shape index (κ2) is 3.80. The van der Waals surface area contributed by atoms with E-state index < -0.39 is 0 Å². The van der Waals surface area contributed by atoms with Gasteiger partial charge >= 0.3 is 0 Å². The molecule has 88 valence electrons. The predicted molar refractivity (Wildman–Crippen MR) is 68.9 cm³/mol. The first kappa shape index (κ1) is 13.1. The van der Waals surface area contributed by atoms with Gasteiger partial charge in [0, 0.05) is 5.56 Å². The molecule has 0 atom stereocenters. The van der Waals surface area contributed by atoms with Gasteiger partial charge in [-0.1, -0.05) is 47.6 Å². The van der Waals surface area contributed by atoms with Crippen molar-refractivity contribution in [1.82, 2.24) is 0 Å². The highest BCUT2D eigenvalue weighted by Gasteiger charge is 2.29. The van der Waals surface area contributed by atoms with Crippen LogP contribution in [0.3, 0.4) is 0 Å². The van der Waals surface area contributed by atoms with Gasteiger partial charge in [-0.15, -0.1) is 0 Å². The number of phenolic OH excluding ortho intramolecular Hbond substituents is 1. The van der Waals surface area contributed by atoms with E-state index in [1.165, 1.54) is 0 Å². The Hall–Kier alpha value is -0.980. The van der Waals surface area contributed by atoms with Gasteiger partial charge in [-0.25, -0.2) is 0 Å². The summed E-state index contributed by atoms with van der Waals surface area (Å²) in [7, 11) is 0. The lowest BCUT2D eigenvalue weighted by Gasteiger charge is -2.32. The minimum atomic E-state index is -0.109. The Morgan fingerprint density at radius 2 is 1.31 bits per heavy atom. The van der Waals surface area contributed by atoms with E-state index in [1.807, 2.05) is 0 Å². The summed E-state index contributed by atoms with van der Waals surface area (Å²) < 4.78 is 0. The van der Waals surface area contributed by atoms with Crippen LogP contribution in [-0.2, 0) is 10.8 Å². The SMILES string of the molecule is [CH]c1ccc(O)c(C(C)(C)C)c1C(C)(C)C. The molecule has 0 heterocycles. The molecular formula is C15H22O. The van der Waals surface area contributed by atoms with Crippen molar-refractivity contribution in [2.24, 2.45) is 0 Å². The molecule has 1 rings (SSSR count). The summed E-state index contributed by atoms with van der Waals surface area (Å²) in [4.78, 5) is 0. The van der Waals surface area contributed by atoms with Crippen LogP contribution in [0.15, 0.2) is 12.1 Å². The van der Waals surface area contributed by atoms with Gasteiger partial charge in [-0.05, 0) is 34.9 Å². The molecule has 0 fully saturated rings. The van der Waals surface area contributed by atoms with Gasteiger partial charge in [0.05, 0.1) is 0 Å². The monoisotopic (exact) mass is 218 g/mol. The first-order chi connectivity index (χ1) is 7.05. The van der Waals surface area contributed by atoms with Crippen molar-refractivity contribution in [3.63, 3.8) is 0 Å². The lowest BCUT2D eigenvalue weighted by Crippen LogP contribution is -2.23. The average Bonchev–Trinajstić information content (AvgIpc) is 2.04. The molecule has 0 saturated heterocycles. The first-order valence-corrected chi connectivity index (χ1v) is 5.67. The van der Waals surface area contributed by atoms with Crippen LogP contribution in [-0.4, -0.2) is 5.11 Å². The molecule has 1 heteroatoms. The molecule has 0 saturated carbocycles. The molecule has 0 aliphatic heterocycles. The molecule has 2 radical (unpaired) electrons. The van der Waals surface area contributed by atoms with E-state index in [2.05, 4.69) is 41.5 Å². The zero-order chi connectivity index (χ0) is 12.7. The summed E-state index contributed by atoms with van der Waals surface area (Å²) in [6, 6.07) is 3.47. The van der Waals surface area contributed by atoms with E-state index in [0.29, 0.717) is 5.75 Å². The van der Waals surface area contributed by atoms with Crippen molar-refractivity contribution >= 4 is 0 Å². The third-order valence-electron chi connectivity index (χ3n) is 2.72. The van der Waals surface area contributed by atoms with Crippen molar-refractivity contribution in [1.29, 1.82) is 0 Å². The molecule has 0 spiro atoms. The Balaban J connectivity index is 3.64. The number of aromatic hydroxyl groups is 1. The number of phenols is 1. The number of hydrogen-bond donors (Lipinski definition) is 1. The average molecular weight is 218 g/mol. The van der Waals surface area contributed by atoms with Crippen LogP contribution in [0, 0.1) is 6.92 Å². The Bertz CT molecular complexity index is 350. The number of rotatable bonds is 0. The maximum absolute atomic E-state index is 10.1. The smallest absolute Gasteiger partial charge is 0.119 e. The summed E-state index contributed by atoms with van der Waals surface area (Å²) >= 11 is 0. The van der Waals surface area contributed by atoms with Crippen molar-refractivity contribution in [2.75, 3.05) is 0 Å². The van der Waals surface area contributed by atoms with E-state index in [-0.39, 0.29) is 10.8 Å². The second-order valence-corrected chi connectivity index (χ2v) is 6.42. The summed E-state index contributed by atoms with van der Waals surface area (Å²) in [5.74, 6) is 0.339. The van der Waals surface area contributed by atoms with Crippen molar-refractivity contribution in [2.45, 2.75) is 52.4 Å². The molecule has 1 aromatic carbocycles. The first-order valence-electron chi connectivity index (χ1n) is 5.67. The van der Waals surface area contributed by atoms with E-state index in [4.69, 9.17) is 6.92 Å². The molecule has 16 heavy (non-hydrogen) atoms. The molecule has 1 aromatic rings. The minimum absolute atomic E-state index is 0.0641. The van der Waals surface area contributed by atoms with Crippen LogP contribution in [0.1, 0.15) is 58.2 Å². The van der Waals surface area contributed by atoms with Crippen LogP contribution < -0.4 is 0 Å². The summed E-state index contributed by atoms with van der Waals surface area (Å²) in [6.45, 7) is 18.7. The standard InChI is InChI=1S/C15H22O/c1-10-8-9-11(16)13(15(5,6)7)12(10)14(2,3)4/h1,8-9,16H,2-7H3. The third kappa shape index (κ3) is 2.40. The van der Waals surface area contributed by atoms with Gasteiger partial charge in [-0.3, -0.25) is 0 Å². The van der Waals surface area contributed by atoms with E-state index in [0.717, 1.165) is 16.7 Å². The highest BCUT2D eigenvalue weighted by molar-refractivity contribution is 5.52. The molecule has 0 amide bonds. The summed E-state index contributed by atoms with van der Waals surface area (Å²) in [6.07, 6.45) is 0. The molecule has 0 bridgehead atoms. The van der Waals surface area contributed by atoms with Crippen molar-refractivity contribution < 1.29 is 5.11 Å². The zero-order valence-electron chi connectivity index (χ0n) is 11.2. The quantitative estimate of drug-likeness (QED) is 0.696. The Labute approximate surface area is 99.5 Å². The molecule has 0 aromatic heterocycles. The normalized spacial score (nSPS) is 12.9. The van der Waals surface area contributed by atoms with Crippen LogP contribution in [0.5, 0.6) is 5.75 Å². The van der Waals surface area contributed by atoms with Crippen molar-refractivity contribution in [3.8, 4) is 5.75 Å². The maximum atomic E-state index is 10.1. The van der Waals surface area contributed by atoms with Gasteiger partial charge in [0.15, 0.2) is 0 Å². The Kier molecular flexibility index (Phi) is 3.11. The fourth-order valence-electron chi connectivity index (χ4n) is 2.18. The van der Waals surface area contributed by atoms with Gasteiger partial charge in [-0.2, -0.15) is 0 Å². The molecule has 0 aliphatic rings. The minimum Gasteiger partial charge on any atom is -0.508 e. The molecule has 0 unspecified atom stereocenters. The van der Waals surface area contributed by atoms with Crippen LogP contribution in [0.2, 0.25) is 0 Å². The highest BCUT2D eigenvalue weighted by Crippen LogP contribution is 2.40. The molecule has 1 N–H and O–H groups in total. The third-order valence-corrected chi connectivity index (χ3v) is 2.72. The van der Waals surface area contributed by atoms with Crippen LogP contribution in [0.4, 0.5) is 0 Å². The molecular weight excluding hydrogens is 196 g/mol. The zero-order valence-corrected chi connectivity index (χ0v) is 11.2. The maximum Gasteiger partial charge on any atom is 0.119 e. The predicted octanol–water partition coefficient (Wildman–Crippen LogP) is 4.05. The second-order valence-electron chi connectivity index (χ2n) is 6.42. The number of hydrogen-bond acceptors (Lipinski definition) is 1. The highest BCUT2D eigenvalue weighted by atomic mass is 16.3. The van der Waals surface area contributed by atoms with Crippen LogP contribution in [0.25, 0.3) is 0 Å². The molecule has 1 nitrogen and oxygen atoms in total.